The van der Waals surface area contributed by atoms with Crippen LogP contribution in [0.5, 0.6) is 0 Å². The van der Waals surface area contributed by atoms with Crippen LogP contribution in [0.25, 0.3) is 5.76 Å². The average molecular weight is 242 g/mol. The molecule has 3 aliphatic rings. The van der Waals surface area contributed by atoms with Crippen molar-refractivity contribution in [2.24, 2.45) is 16.7 Å². The normalized spacial score (nSPS) is 41.8. The summed E-state index contributed by atoms with van der Waals surface area (Å²) >= 11 is 0. The van der Waals surface area contributed by atoms with Crippen LogP contribution in [0.2, 0.25) is 0 Å². The van der Waals surface area contributed by atoms with E-state index in [2.05, 4.69) is 26.0 Å². The van der Waals surface area contributed by atoms with Gasteiger partial charge in [-0.1, -0.05) is 38.1 Å². The maximum Gasteiger partial charge on any atom is 0.122 e. The Morgan fingerprint density at radius 2 is 1.94 bits per heavy atom. The molecule has 0 aliphatic heterocycles. The molecule has 18 heavy (non-hydrogen) atoms. The minimum absolute atomic E-state index is 0.0520. The molecule has 94 valence electrons. The number of aliphatic hydroxyl groups is 1. The van der Waals surface area contributed by atoms with Gasteiger partial charge in [-0.15, -0.1) is 0 Å². The van der Waals surface area contributed by atoms with Gasteiger partial charge in [0, 0.05) is 16.9 Å². The molecular weight excluding hydrogens is 224 g/mol. The first-order chi connectivity index (χ1) is 8.49. The van der Waals surface area contributed by atoms with Gasteiger partial charge in [-0.25, -0.2) is 0 Å². The predicted molar refractivity (Wildman–Crippen MR) is 69.6 cm³/mol. The lowest BCUT2D eigenvalue weighted by molar-refractivity contribution is 0.108. The second-order valence-electron chi connectivity index (χ2n) is 6.56. The van der Waals surface area contributed by atoms with Crippen LogP contribution in [-0.4, -0.2) is 12.2 Å². The van der Waals surface area contributed by atoms with E-state index >= 15 is 0 Å². The van der Waals surface area contributed by atoms with Crippen molar-refractivity contribution in [3.63, 3.8) is 0 Å². The molecule has 0 bridgehead atoms. The molecule has 1 N–H and O–H groups in total. The summed E-state index contributed by atoms with van der Waals surface area (Å²) in [7, 11) is 1.71. The van der Waals surface area contributed by atoms with Gasteiger partial charge >= 0.3 is 0 Å². The predicted octanol–water partition coefficient (Wildman–Crippen LogP) is 2.92. The Bertz CT molecular complexity index is 587. The van der Waals surface area contributed by atoms with Crippen molar-refractivity contribution in [3.8, 4) is 0 Å². The highest BCUT2D eigenvalue weighted by Gasteiger charge is 2.90. The fourth-order valence-corrected chi connectivity index (χ4v) is 4.50. The summed E-state index contributed by atoms with van der Waals surface area (Å²) in [6.07, 6.45) is 3.24. The Balaban J connectivity index is 1.95. The number of rotatable bonds is 1. The number of fused-ring (bicyclic) bond motifs is 5. The van der Waals surface area contributed by atoms with Crippen LogP contribution in [0.3, 0.4) is 0 Å². The van der Waals surface area contributed by atoms with Crippen LogP contribution in [0, 0.1) is 16.7 Å². The number of methoxy groups -OCH3 is 1. The molecule has 1 aromatic carbocycles. The lowest BCUT2D eigenvalue weighted by Gasteiger charge is -2.21. The molecule has 3 unspecified atom stereocenters. The van der Waals surface area contributed by atoms with Crippen molar-refractivity contribution in [1.29, 1.82) is 0 Å². The SMILES string of the molecule is COC1=CC2C(O)(c3ccccc31)C21CC1(C)C. The zero-order chi connectivity index (χ0) is 12.8. The molecule has 2 fully saturated rings. The zero-order valence-electron chi connectivity index (χ0n) is 11.0. The van der Waals surface area contributed by atoms with Crippen molar-refractivity contribution in [1.82, 2.24) is 0 Å². The standard InChI is InChI=1S/C16H18O2/c1-14(2)9-15(14)13-8-12(18-3)10-6-4-5-7-11(10)16(13,15)17/h4-8,13,17H,9H2,1-3H3. The van der Waals surface area contributed by atoms with E-state index in [9.17, 15) is 5.11 Å². The van der Waals surface area contributed by atoms with Gasteiger partial charge in [0.05, 0.1) is 7.11 Å². The number of benzene rings is 1. The summed E-state index contributed by atoms with van der Waals surface area (Å²) in [5.74, 6) is 1.14. The van der Waals surface area contributed by atoms with Crippen LogP contribution in [0.15, 0.2) is 30.3 Å². The van der Waals surface area contributed by atoms with Gasteiger partial charge in [0.1, 0.15) is 11.4 Å². The molecule has 3 aliphatic carbocycles. The topological polar surface area (TPSA) is 29.5 Å². The van der Waals surface area contributed by atoms with Crippen molar-refractivity contribution in [2.45, 2.75) is 25.9 Å². The molecular formula is C16H18O2. The van der Waals surface area contributed by atoms with Crippen LogP contribution in [0.4, 0.5) is 0 Å². The summed E-state index contributed by atoms with van der Waals surface area (Å²) < 4.78 is 5.50. The fourth-order valence-electron chi connectivity index (χ4n) is 4.50. The molecule has 1 spiro atoms. The Hall–Kier alpha value is -1.28. The summed E-state index contributed by atoms with van der Waals surface area (Å²) in [5, 5.41) is 11.1. The molecule has 2 nitrogen and oxygen atoms in total. The van der Waals surface area contributed by atoms with Crippen LogP contribution < -0.4 is 0 Å². The first-order valence-electron chi connectivity index (χ1n) is 6.57. The van der Waals surface area contributed by atoms with Crippen molar-refractivity contribution in [3.05, 3.63) is 41.5 Å². The van der Waals surface area contributed by atoms with E-state index in [0.29, 0.717) is 0 Å². The van der Waals surface area contributed by atoms with Gasteiger partial charge in [0.15, 0.2) is 0 Å². The van der Waals surface area contributed by atoms with Gasteiger partial charge in [-0.2, -0.15) is 0 Å². The Morgan fingerprint density at radius 3 is 2.56 bits per heavy atom. The average Bonchev–Trinajstić information content (AvgIpc) is 3.12. The van der Waals surface area contributed by atoms with E-state index in [4.69, 9.17) is 4.74 Å². The highest BCUT2D eigenvalue weighted by atomic mass is 16.5. The van der Waals surface area contributed by atoms with E-state index in [1.54, 1.807) is 7.11 Å². The van der Waals surface area contributed by atoms with E-state index in [0.717, 1.165) is 23.3 Å². The number of hydrogen-bond acceptors (Lipinski definition) is 2. The molecule has 3 atom stereocenters. The molecule has 0 amide bonds. The third-order valence-electron chi connectivity index (χ3n) is 5.52. The Labute approximate surface area is 107 Å². The monoisotopic (exact) mass is 242 g/mol. The molecule has 0 radical (unpaired) electrons. The van der Waals surface area contributed by atoms with Crippen molar-refractivity contribution >= 4 is 5.76 Å². The molecule has 2 saturated carbocycles. The van der Waals surface area contributed by atoms with E-state index in [1.165, 1.54) is 0 Å². The molecule has 1 aromatic rings. The quantitative estimate of drug-likeness (QED) is 0.820. The third kappa shape index (κ3) is 0.832. The van der Waals surface area contributed by atoms with Crippen molar-refractivity contribution in [2.75, 3.05) is 7.11 Å². The van der Waals surface area contributed by atoms with Gasteiger partial charge < -0.3 is 9.84 Å². The Kier molecular flexibility index (Phi) is 1.58. The van der Waals surface area contributed by atoms with E-state index < -0.39 is 5.60 Å². The highest BCUT2D eigenvalue weighted by molar-refractivity contribution is 5.73. The molecule has 0 saturated heterocycles. The second-order valence-corrected chi connectivity index (χ2v) is 6.56. The maximum absolute atomic E-state index is 11.1. The molecule has 0 heterocycles. The van der Waals surface area contributed by atoms with Crippen LogP contribution >= 0.6 is 0 Å². The van der Waals surface area contributed by atoms with Gasteiger partial charge in [0.2, 0.25) is 0 Å². The van der Waals surface area contributed by atoms with Gasteiger partial charge in [0.25, 0.3) is 0 Å². The van der Waals surface area contributed by atoms with Crippen LogP contribution in [0.1, 0.15) is 31.4 Å². The summed E-state index contributed by atoms with van der Waals surface area (Å²) in [6, 6.07) is 8.11. The van der Waals surface area contributed by atoms with Gasteiger partial charge in [-0.05, 0) is 23.5 Å². The molecule has 0 aromatic heterocycles. The lowest BCUT2D eigenvalue weighted by Crippen LogP contribution is -2.17. The minimum atomic E-state index is -0.658. The smallest absolute Gasteiger partial charge is 0.122 e. The van der Waals surface area contributed by atoms with E-state index in [1.807, 2.05) is 18.2 Å². The third-order valence-corrected chi connectivity index (χ3v) is 5.52. The summed E-state index contributed by atoms with van der Waals surface area (Å²) in [5.41, 5.74) is 1.74. The molecule has 2 heteroatoms. The highest BCUT2D eigenvalue weighted by Crippen LogP contribution is 2.90. The lowest BCUT2D eigenvalue weighted by atomic mass is 9.92. The van der Waals surface area contributed by atoms with Crippen LogP contribution in [-0.2, 0) is 10.3 Å². The largest absolute Gasteiger partial charge is 0.496 e. The summed E-state index contributed by atoms with van der Waals surface area (Å²) in [6.45, 7) is 4.51. The minimum Gasteiger partial charge on any atom is -0.496 e. The second kappa shape index (κ2) is 2.67. The number of ether oxygens (including phenoxy) is 1. The van der Waals surface area contributed by atoms with Gasteiger partial charge in [-0.3, -0.25) is 0 Å². The fraction of sp³-hybridized carbons (Fsp3) is 0.500. The van der Waals surface area contributed by atoms with E-state index in [-0.39, 0.29) is 16.7 Å². The first kappa shape index (κ1) is 10.6. The Morgan fingerprint density at radius 1 is 1.28 bits per heavy atom. The zero-order valence-corrected chi connectivity index (χ0v) is 11.0. The number of hydrogen-bond donors (Lipinski definition) is 1. The summed E-state index contributed by atoms with van der Waals surface area (Å²) in [4.78, 5) is 0. The maximum atomic E-state index is 11.1. The first-order valence-corrected chi connectivity index (χ1v) is 6.57. The molecule has 4 rings (SSSR count). The van der Waals surface area contributed by atoms with Crippen molar-refractivity contribution < 1.29 is 9.84 Å².